The van der Waals surface area contributed by atoms with Crippen molar-refractivity contribution in [1.82, 2.24) is 5.32 Å². The zero-order valence-electron chi connectivity index (χ0n) is 5.70. The lowest BCUT2D eigenvalue weighted by atomic mass is 10.4. The number of amides is 1. The summed E-state index contributed by atoms with van der Waals surface area (Å²) in [6.07, 6.45) is -4.67. The van der Waals surface area contributed by atoms with Gasteiger partial charge in [0.2, 0.25) is 11.3 Å². The van der Waals surface area contributed by atoms with Crippen LogP contribution in [0.2, 0.25) is 0 Å². The molecule has 0 spiro atoms. The van der Waals surface area contributed by atoms with Crippen molar-refractivity contribution in [3.8, 4) is 0 Å². The highest BCUT2D eigenvalue weighted by molar-refractivity contribution is 6.31. The summed E-state index contributed by atoms with van der Waals surface area (Å²) in [5.74, 6) is -1.21. The summed E-state index contributed by atoms with van der Waals surface area (Å²) >= 11 is 4.75. The molecule has 1 unspecified atom stereocenters. The largest absolute Gasteiger partial charge is 0.413 e. The lowest BCUT2D eigenvalue weighted by Crippen LogP contribution is -2.40. The molecule has 0 aliphatic rings. The third-order valence-electron chi connectivity index (χ3n) is 0.869. The van der Waals surface area contributed by atoms with E-state index in [1.54, 1.807) is 0 Å². The summed E-state index contributed by atoms with van der Waals surface area (Å²) in [6, 6.07) is 0. The van der Waals surface area contributed by atoms with E-state index in [9.17, 15) is 18.0 Å². The van der Waals surface area contributed by atoms with Gasteiger partial charge in [-0.3, -0.25) is 4.79 Å². The van der Waals surface area contributed by atoms with Gasteiger partial charge in [0.05, 0.1) is 0 Å². The van der Waals surface area contributed by atoms with Gasteiger partial charge in [-0.1, -0.05) is 0 Å². The number of alkyl halides is 4. The number of nitrogens with one attached hydrogen (secondary N) is 1. The van der Waals surface area contributed by atoms with Crippen molar-refractivity contribution in [3.63, 3.8) is 0 Å². The molecule has 0 heterocycles. The molecule has 1 atom stereocenters. The summed E-state index contributed by atoms with van der Waals surface area (Å²) in [6.45, 7) is 1.65. The Labute approximate surface area is 66.7 Å². The van der Waals surface area contributed by atoms with Crippen molar-refractivity contribution in [1.29, 1.82) is 0 Å². The first-order chi connectivity index (χ1) is 4.89. The molecule has 0 saturated heterocycles. The summed E-state index contributed by atoms with van der Waals surface area (Å²) in [7, 11) is 0. The number of hydrogen-bond donors (Lipinski definition) is 1. The van der Waals surface area contributed by atoms with Crippen LogP contribution in [0.1, 0.15) is 6.92 Å². The van der Waals surface area contributed by atoms with E-state index in [2.05, 4.69) is 0 Å². The quantitative estimate of drug-likeness (QED) is 0.652. The fourth-order valence-electron chi connectivity index (χ4n) is 0.412. The Bertz CT molecular complexity index is 147. The van der Waals surface area contributed by atoms with Gasteiger partial charge in [-0.15, -0.1) is 11.6 Å². The molecule has 0 aromatic carbocycles. The fourth-order valence-corrected chi connectivity index (χ4v) is 0.490. The molecule has 1 amide bonds. The van der Waals surface area contributed by atoms with Gasteiger partial charge in [-0.25, -0.2) is 0 Å². The van der Waals surface area contributed by atoms with Crippen LogP contribution in [0.3, 0.4) is 0 Å². The van der Waals surface area contributed by atoms with Crippen molar-refractivity contribution >= 4 is 17.5 Å². The van der Waals surface area contributed by atoms with Gasteiger partial charge in [-0.2, -0.15) is 13.2 Å². The summed E-state index contributed by atoms with van der Waals surface area (Å²) < 4.78 is 34.9. The molecule has 6 heteroatoms. The topological polar surface area (TPSA) is 29.1 Å². The molecule has 0 fully saturated rings. The van der Waals surface area contributed by atoms with Gasteiger partial charge in [0.15, 0.2) is 0 Å². The van der Waals surface area contributed by atoms with Crippen molar-refractivity contribution in [3.05, 3.63) is 0 Å². The average Bonchev–Trinajstić information content (AvgIpc) is 1.85. The number of halogens is 4. The van der Waals surface area contributed by atoms with Crippen LogP contribution in [0, 0.1) is 0 Å². The molecule has 0 aromatic heterocycles. The van der Waals surface area contributed by atoms with Crippen LogP contribution < -0.4 is 5.32 Å². The second kappa shape index (κ2) is 3.80. The molecule has 2 nitrogen and oxygen atoms in total. The van der Waals surface area contributed by atoms with Crippen molar-refractivity contribution in [2.75, 3.05) is 6.54 Å². The van der Waals surface area contributed by atoms with E-state index in [1.165, 1.54) is 6.92 Å². The molecule has 0 rings (SSSR count). The average molecular weight is 190 g/mol. The summed E-state index contributed by atoms with van der Waals surface area (Å²) in [5, 5.41) is -0.481. The van der Waals surface area contributed by atoms with Gasteiger partial charge in [0.1, 0.15) is 0 Å². The maximum atomic E-state index is 11.6. The normalized spacial score (nSPS) is 14.3. The van der Waals surface area contributed by atoms with E-state index in [4.69, 9.17) is 11.6 Å². The van der Waals surface area contributed by atoms with Crippen LogP contribution >= 0.6 is 11.6 Å². The van der Waals surface area contributed by atoms with Gasteiger partial charge in [0, 0.05) is 6.54 Å². The van der Waals surface area contributed by atoms with Crippen LogP contribution in [0.25, 0.3) is 0 Å². The highest BCUT2D eigenvalue weighted by atomic mass is 35.5. The first-order valence-corrected chi connectivity index (χ1v) is 3.31. The Morgan fingerprint density at radius 1 is 1.64 bits per heavy atom. The molecule has 0 bridgehead atoms. The van der Waals surface area contributed by atoms with E-state index in [1.807, 2.05) is 5.32 Å². The Morgan fingerprint density at radius 3 is 2.36 bits per heavy atom. The van der Waals surface area contributed by atoms with Crippen molar-refractivity contribution in [2.24, 2.45) is 0 Å². The van der Waals surface area contributed by atoms with Crippen molar-refractivity contribution < 1.29 is 18.0 Å². The Hall–Kier alpha value is -0.450. The molecule has 0 aromatic rings. The highest BCUT2D eigenvalue weighted by Gasteiger charge is 2.43. The van der Waals surface area contributed by atoms with Crippen LogP contribution in [-0.2, 0) is 4.79 Å². The van der Waals surface area contributed by atoms with E-state index in [0.717, 1.165) is 0 Å². The van der Waals surface area contributed by atoms with Crippen LogP contribution in [0.4, 0.5) is 13.2 Å². The standard InChI is InChI=1S/C5H7ClF3NO/c1-2-10-4(11)3(6)5(7,8)9/h3H,2H2,1H3,(H,10,11). The van der Waals surface area contributed by atoms with Gasteiger partial charge in [0.25, 0.3) is 0 Å². The SMILES string of the molecule is CCNC(=O)C(Cl)C(F)(F)F. The molecule has 0 aliphatic heterocycles. The molecule has 66 valence electrons. The first-order valence-electron chi connectivity index (χ1n) is 2.88. The lowest BCUT2D eigenvalue weighted by molar-refractivity contribution is -0.151. The second-order valence-electron chi connectivity index (χ2n) is 1.80. The van der Waals surface area contributed by atoms with E-state index in [0.29, 0.717) is 0 Å². The Kier molecular flexibility index (Phi) is 3.65. The van der Waals surface area contributed by atoms with Crippen LogP contribution in [0.5, 0.6) is 0 Å². The number of carbonyl (C=O) groups excluding carboxylic acids is 1. The van der Waals surface area contributed by atoms with E-state index >= 15 is 0 Å². The maximum absolute atomic E-state index is 11.6. The minimum Gasteiger partial charge on any atom is -0.355 e. The third kappa shape index (κ3) is 3.46. The molecule has 11 heavy (non-hydrogen) atoms. The predicted octanol–water partition coefficient (Wildman–Crippen LogP) is 1.29. The smallest absolute Gasteiger partial charge is 0.355 e. The van der Waals surface area contributed by atoms with Gasteiger partial charge >= 0.3 is 6.18 Å². The minimum absolute atomic E-state index is 0.137. The van der Waals surface area contributed by atoms with E-state index in [-0.39, 0.29) is 6.54 Å². The second-order valence-corrected chi connectivity index (χ2v) is 2.24. The lowest BCUT2D eigenvalue weighted by Gasteiger charge is -2.11. The minimum atomic E-state index is -4.67. The van der Waals surface area contributed by atoms with Crippen LogP contribution in [-0.4, -0.2) is 24.0 Å². The molecule has 0 aliphatic carbocycles. The Morgan fingerprint density at radius 2 is 2.09 bits per heavy atom. The maximum Gasteiger partial charge on any atom is 0.413 e. The van der Waals surface area contributed by atoms with Gasteiger partial charge in [-0.05, 0) is 6.92 Å². The number of carbonyl (C=O) groups is 1. The highest BCUT2D eigenvalue weighted by Crippen LogP contribution is 2.24. The fraction of sp³-hybridized carbons (Fsp3) is 0.800. The van der Waals surface area contributed by atoms with Crippen molar-refractivity contribution in [2.45, 2.75) is 18.5 Å². The monoisotopic (exact) mass is 189 g/mol. The number of rotatable bonds is 2. The molecule has 1 N–H and O–H groups in total. The molecule has 0 radical (unpaired) electrons. The molecular formula is C5H7ClF3NO. The third-order valence-corrected chi connectivity index (χ3v) is 1.31. The zero-order valence-corrected chi connectivity index (χ0v) is 6.46. The zero-order chi connectivity index (χ0) is 9.07. The summed E-state index contributed by atoms with van der Waals surface area (Å²) in [5.41, 5.74) is 0. The number of hydrogen-bond acceptors (Lipinski definition) is 1. The van der Waals surface area contributed by atoms with Crippen LogP contribution in [0.15, 0.2) is 0 Å². The molecule has 0 saturated carbocycles. The van der Waals surface area contributed by atoms with E-state index < -0.39 is 17.5 Å². The first kappa shape index (κ1) is 10.6. The summed E-state index contributed by atoms with van der Waals surface area (Å²) in [4.78, 5) is 10.4. The molecular weight excluding hydrogens is 183 g/mol. The van der Waals surface area contributed by atoms with Gasteiger partial charge < -0.3 is 5.32 Å². The predicted molar refractivity (Wildman–Crippen MR) is 34.4 cm³/mol. The Balaban J connectivity index is 4.03.